The predicted octanol–water partition coefficient (Wildman–Crippen LogP) is -4.75. The number of nitrogens with one attached hydrogen (secondary N) is 13. The number of primary amides is 1. The number of carbonyl (C=O) groups is 16. The van der Waals surface area contributed by atoms with Crippen LogP contribution in [0.15, 0.2) is 35.5 Å². The molecule has 38 heteroatoms. The average molecular weight is 1530 g/mol. The standard InChI is InChI=1S/C71H112N20O18/c1-10-37(6)56-67(106)87-47(29-36(4)5)63(102)84-46(28-35(2)3)61(100)79-38(7)58(97)83-50(32-55(95)96)59(98)78-34-54(94)88-57(40(9)92)68(107)82-45(21-15-25-76-71(74)75)70(109)91-27-17-23-52(91)65(104)81-44(20-13-14-24-72)60(99)85-49(31-53(73)93)62(101)80-39(8)69(108)90-26-16-22-51(90)66(105)86-48(64(103)89-56)30-41-33-77-43-19-12-11-18-42(41)43/h11-12,18-19,33,35-40,44-52,56-57,77,92H,10,13-17,20-32,34,72H2,1-9H3,(H2,73,93)(H,78,98)(H,79,100)(H,80,101)(H,81,104)(H,82,107)(H,83,97)(H,84,102)(H,85,99)(H,86,105)(H,87,106)(H,88,94)(H,89,103)(H,95,96)(H4,74,75,76)/t37-,38-,39-,40+,44-,45-,46-,47-,48-,49-,50-,51-,52-,56-,57-/m0/s1. The summed E-state index contributed by atoms with van der Waals surface area (Å²) in [5.41, 5.74) is 23.8. The summed E-state index contributed by atoms with van der Waals surface area (Å²) in [4.78, 5) is 235. The molecular weight excluding hydrogens is 1420 g/mol. The van der Waals surface area contributed by atoms with Gasteiger partial charge in [0, 0.05) is 43.2 Å². The van der Waals surface area contributed by atoms with Crippen molar-refractivity contribution >= 4 is 111 Å². The van der Waals surface area contributed by atoms with Crippen molar-refractivity contribution in [3.8, 4) is 0 Å². The summed E-state index contributed by atoms with van der Waals surface area (Å²) in [6.45, 7) is 13.2. The van der Waals surface area contributed by atoms with Crippen molar-refractivity contribution in [3.63, 3.8) is 0 Å². The van der Waals surface area contributed by atoms with E-state index in [2.05, 4.69) is 73.8 Å². The Kier molecular flexibility index (Phi) is 35.0. The lowest BCUT2D eigenvalue weighted by atomic mass is 9.95. The maximum atomic E-state index is 15.0. The van der Waals surface area contributed by atoms with Crippen molar-refractivity contribution in [3.05, 3.63) is 36.0 Å². The number of rotatable bonds is 21. The molecule has 0 radical (unpaired) electrons. The van der Waals surface area contributed by atoms with Crippen LogP contribution in [0, 0.1) is 17.8 Å². The third-order valence-corrected chi connectivity index (χ3v) is 19.1. The van der Waals surface area contributed by atoms with Gasteiger partial charge < -0.3 is 112 Å². The van der Waals surface area contributed by atoms with Crippen molar-refractivity contribution in [1.29, 1.82) is 0 Å². The number of hydrogen-bond acceptors (Lipinski definition) is 19. The number of H-pyrrole nitrogens is 1. The van der Waals surface area contributed by atoms with Crippen LogP contribution in [-0.4, -0.2) is 243 Å². The summed E-state index contributed by atoms with van der Waals surface area (Å²) in [6.07, 6.45) is -0.805. The highest BCUT2D eigenvalue weighted by atomic mass is 16.4. The molecular formula is C71H112N20O18. The SMILES string of the molecule is CC[C@H](C)[C@@H]1NC(=O)[C@H](Cc2c[nH]c3ccccc23)NC(=O)[C@@H]2CCCN2C(=O)[C@H](C)NC(=O)[C@H](CC(N)=O)NC(=O)[C@H](CCCCN)NC(=O)[C@@H]2CCCN2C(=O)[C@H](CCCN=C(N)N)NC(=O)[C@H]([C@@H](C)O)NC(=O)CNC(=O)[C@H](CC(=O)O)NC(=O)[C@H](C)NC(=O)[C@H](CC(C)C)NC(=O)[C@H](CC(C)C)NC1=O. The van der Waals surface area contributed by atoms with Crippen molar-refractivity contribution in [2.75, 3.05) is 32.7 Å². The molecule has 23 N–H and O–H groups in total. The van der Waals surface area contributed by atoms with Crippen molar-refractivity contribution in [2.45, 2.75) is 243 Å². The van der Waals surface area contributed by atoms with E-state index in [-0.39, 0.29) is 115 Å². The molecule has 1 aromatic heterocycles. The van der Waals surface area contributed by atoms with Gasteiger partial charge in [-0.15, -0.1) is 0 Å². The number of aliphatic hydroxyl groups is 1. The predicted molar refractivity (Wildman–Crippen MR) is 396 cm³/mol. The molecule has 3 aliphatic heterocycles. The highest BCUT2D eigenvalue weighted by Crippen LogP contribution is 2.25. The highest BCUT2D eigenvalue weighted by molar-refractivity contribution is 6.02. The number of amides is 15. The first kappa shape index (κ1) is 89.1. The Morgan fingerprint density at radius 3 is 1.61 bits per heavy atom. The first-order chi connectivity index (χ1) is 51.4. The second-order valence-electron chi connectivity index (χ2n) is 29.0. The van der Waals surface area contributed by atoms with Crippen molar-refractivity contribution in [1.82, 2.24) is 78.6 Å². The average Bonchev–Trinajstić information content (AvgIpc) is 1.73. The number of carboxylic acid groups (broad SMARTS) is 1. The number of benzene rings is 1. The summed E-state index contributed by atoms with van der Waals surface area (Å²) in [6, 6.07) is -12.3. The van der Waals surface area contributed by atoms with Crippen LogP contribution in [0.1, 0.15) is 158 Å². The van der Waals surface area contributed by atoms with Gasteiger partial charge in [0.2, 0.25) is 88.6 Å². The number of carbonyl (C=O) groups excluding carboxylic acids is 15. The maximum Gasteiger partial charge on any atom is 0.305 e. The highest BCUT2D eigenvalue weighted by Gasteiger charge is 2.44. The van der Waals surface area contributed by atoms with Crippen LogP contribution >= 0.6 is 0 Å². The molecule has 0 aliphatic carbocycles. The van der Waals surface area contributed by atoms with Crippen LogP contribution in [0.2, 0.25) is 0 Å². The fraction of sp³-hybridized carbons (Fsp3) is 0.648. The van der Waals surface area contributed by atoms with Crippen LogP contribution in [0.4, 0.5) is 0 Å². The quantitative estimate of drug-likeness (QED) is 0.0317. The van der Waals surface area contributed by atoms with Gasteiger partial charge >= 0.3 is 5.97 Å². The largest absolute Gasteiger partial charge is 0.481 e. The summed E-state index contributed by atoms with van der Waals surface area (Å²) in [5, 5.41) is 51.9. The molecule has 0 bridgehead atoms. The molecule has 0 unspecified atom stereocenters. The summed E-state index contributed by atoms with van der Waals surface area (Å²) >= 11 is 0. The number of aromatic amines is 1. The number of fused-ring (bicyclic) bond motifs is 3. The number of para-hydroxylation sites is 1. The smallest absolute Gasteiger partial charge is 0.305 e. The molecule has 109 heavy (non-hydrogen) atoms. The van der Waals surface area contributed by atoms with E-state index in [0.29, 0.717) is 29.3 Å². The zero-order chi connectivity index (χ0) is 81.1. The molecule has 15 atom stereocenters. The van der Waals surface area contributed by atoms with Crippen LogP contribution in [-0.2, 0) is 83.1 Å². The van der Waals surface area contributed by atoms with Gasteiger partial charge in [-0.25, -0.2) is 0 Å². The van der Waals surface area contributed by atoms with Crippen LogP contribution in [0.5, 0.6) is 0 Å². The summed E-state index contributed by atoms with van der Waals surface area (Å²) < 4.78 is 0. The number of guanidine groups is 1. The minimum Gasteiger partial charge on any atom is -0.481 e. The van der Waals surface area contributed by atoms with E-state index in [4.69, 9.17) is 22.9 Å². The monoisotopic (exact) mass is 1530 g/mol. The zero-order valence-electron chi connectivity index (χ0n) is 63.4. The molecule has 0 saturated carbocycles. The van der Waals surface area contributed by atoms with Gasteiger partial charge in [-0.3, -0.25) is 81.7 Å². The molecule has 2 aromatic rings. The molecule has 4 heterocycles. The Hall–Kier alpha value is -10.5. The topological polar surface area (TPSA) is 597 Å². The number of carboxylic acids is 1. The molecule has 0 spiro atoms. The van der Waals surface area contributed by atoms with Gasteiger partial charge in [-0.1, -0.05) is 66.2 Å². The number of hydrogen-bond donors (Lipinski definition) is 19. The van der Waals surface area contributed by atoms with Crippen molar-refractivity contribution < 1.29 is 86.9 Å². The Bertz CT molecular complexity index is 3620. The van der Waals surface area contributed by atoms with Gasteiger partial charge in [0.1, 0.15) is 78.5 Å². The fourth-order valence-corrected chi connectivity index (χ4v) is 13.0. The molecule has 3 saturated heterocycles. The van der Waals surface area contributed by atoms with Crippen LogP contribution in [0.3, 0.4) is 0 Å². The number of aliphatic imine (C=N–C) groups is 1. The number of aliphatic hydroxyl groups excluding tert-OH is 1. The van der Waals surface area contributed by atoms with Crippen molar-refractivity contribution in [2.24, 2.45) is 45.7 Å². The normalized spacial score (nSPS) is 26.6. The third-order valence-electron chi connectivity index (χ3n) is 19.1. The maximum absolute atomic E-state index is 15.0. The lowest BCUT2D eigenvalue weighted by molar-refractivity contribution is -0.143. The lowest BCUT2D eigenvalue weighted by Crippen LogP contribution is -2.61. The van der Waals surface area contributed by atoms with E-state index in [0.717, 1.165) is 11.8 Å². The molecule has 15 amide bonds. The number of aliphatic carboxylic acids is 1. The Labute approximate surface area is 632 Å². The minimum absolute atomic E-state index is 0.00227. The number of unbranched alkanes of at least 4 members (excludes halogenated alkanes) is 1. The molecule has 38 nitrogen and oxygen atoms in total. The lowest BCUT2D eigenvalue weighted by Gasteiger charge is -2.31. The molecule has 3 aliphatic rings. The van der Waals surface area contributed by atoms with E-state index in [1.807, 2.05) is 0 Å². The van der Waals surface area contributed by atoms with E-state index < -0.39 is 205 Å². The number of aromatic nitrogens is 1. The van der Waals surface area contributed by atoms with E-state index >= 15 is 4.79 Å². The fourth-order valence-electron chi connectivity index (χ4n) is 13.0. The van der Waals surface area contributed by atoms with Gasteiger partial charge in [-0.05, 0) is 127 Å². The van der Waals surface area contributed by atoms with E-state index in [1.165, 1.54) is 18.7 Å². The van der Waals surface area contributed by atoms with Gasteiger partial charge in [0.15, 0.2) is 5.96 Å². The molecule has 5 rings (SSSR count). The van der Waals surface area contributed by atoms with Crippen LogP contribution < -0.4 is 86.7 Å². The van der Waals surface area contributed by atoms with Gasteiger partial charge in [-0.2, -0.15) is 0 Å². The van der Waals surface area contributed by atoms with E-state index in [1.54, 1.807) is 72.0 Å². The molecule has 3 fully saturated rings. The Morgan fingerprint density at radius 1 is 0.541 bits per heavy atom. The van der Waals surface area contributed by atoms with E-state index in [9.17, 15) is 82.1 Å². The molecule has 604 valence electrons. The third kappa shape index (κ3) is 27.3. The van der Waals surface area contributed by atoms with Crippen LogP contribution in [0.25, 0.3) is 10.9 Å². The Balaban J connectivity index is 1.56. The second-order valence-corrected chi connectivity index (χ2v) is 29.0. The summed E-state index contributed by atoms with van der Waals surface area (Å²) in [7, 11) is 0. The first-order valence-electron chi connectivity index (χ1n) is 37.2. The first-order valence-corrected chi connectivity index (χ1v) is 37.2. The number of nitrogens with zero attached hydrogens (tertiary/aromatic N) is 3. The molecule has 1 aromatic carbocycles. The zero-order valence-corrected chi connectivity index (χ0v) is 63.4. The summed E-state index contributed by atoms with van der Waals surface area (Å²) in [5.74, 6) is -17.4. The minimum atomic E-state index is -1.90. The van der Waals surface area contributed by atoms with Gasteiger partial charge in [0.25, 0.3) is 0 Å². The Morgan fingerprint density at radius 2 is 1.04 bits per heavy atom. The van der Waals surface area contributed by atoms with Gasteiger partial charge in [0.05, 0.1) is 25.5 Å². The number of nitrogens with two attached hydrogens (primary N) is 4. The second kappa shape index (κ2) is 42.9.